The predicted molar refractivity (Wildman–Crippen MR) is 78.9 cm³/mol. The topological polar surface area (TPSA) is 81.1 Å². The second kappa shape index (κ2) is 7.39. The van der Waals surface area contributed by atoms with Crippen LogP contribution in [-0.4, -0.2) is 34.5 Å². The minimum Gasteiger partial charge on any atom is -0.383 e. The zero-order valence-electron chi connectivity index (χ0n) is 12.1. The van der Waals surface area contributed by atoms with Gasteiger partial charge in [0.2, 0.25) is 0 Å². The Bertz CT molecular complexity index is 570. The molecule has 21 heavy (non-hydrogen) atoms. The van der Waals surface area contributed by atoms with Crippen molar-refractivity contribution in [1.29, 1.82) is 0 Å². The monoisotopic (exact) mass is 289 g/mol. The van der Waals surface area contributed by atoms with E-state index in [0.29, 0.717) is 18.8 Å². The lowest BCUT2D eigenvalue weighted by atomic mass is 10.2. The minimum absolute atomic E-state index is 0.172. The Kier molecular flexibility index (Phi) is 5.28. The van der Waals surface area contributed by atoms with Gasteiger partial charge in [0.25, 0.3) is 0 Å². The molecule has 2 rings (SSSR count). The van der Waals surface area contributed by atoms with Crippen LogP contribution in [0, 0.1) is 0 Å². The van der Waals surface area contributed by atoms with E-state index in [1.54, 1.807) is 30.4 Å². The second-order valence-electron chi connectivity index (χ2n) is 4.56. The molecule has 0 fully saturated rings. The molecule has 0 aliphatic carbocycles. The minimum atomic E-state index is -0.292. The lowest BCUT2D eigenvalue weighted by Crippen LogP contribution is -2.31. The van der Waals surface area contributed by atoms with Gasteiger partial charge >= 0.3 is 6.03 Å². The van der Waals surface area contributed by atoms with Gasteiger partial charge in [-0.15, -0.1) is 0 Å². The maximum Gasteiger partial charge on any atom is 0.319 e. The summed E-state index contributed by atoms with van der Waals surface area (Å²) in [7, 11) is 1.63. The Morgan fingerprint density at radius 3 is 3.05 bits per heavy atom. The highest BCUT2D eigenvalue weighted by Crippen LogP contribution is 2.09. The summed E-state index contributed by atoms with van der Waals surface area (Å²) in [4.78, 5) is 16.1. The number of carbonyl (C=O) groups excluding carboxylic acids is 1. The van der Waals surface area contributed by atoms with Gasteiger partial charge in [0, 0.05) is 19.5 Å². The quantitative estimate of drug-likeness (QED) is 0.849. The van der Waals surface area contributed by atoms with E-state index in [1.807, 2.05) is 25.1 Å². The number of rotatable bonds is 6. The third kappa shape index (κ3) is 4.57. The van der Waals surface area contributed by atoms with E-state index < -0.39 is 0 Å². The van der Waals surface area contributed by atoms with Crippen molar-refractivity contribution in [2.45, 2.75) is 19.5 Å². The maximum atomic E-state index is 11.9. The van der Waals surface area contributed by atoms with Gasteiger partial charge in [-0.3, -0.25) is 9.67 Å². The Morgan fingerprint density at radius 2 is 2.33 bits per heavy atom. The van der Waals surface area contributed by atoms with Crippen molar-refractivity contribution in [3.8, 4) is 0 Å². The summed E-state index contributed by atoms with van der Waals surface area (Å²) >= 11 is 0. The molecule has 0 saturated heterocycles. The molecule has 2 N–H and O–H groups in total. The number of hydrogen-bond acceptors (Lipinski definition) is 4. The molecule has 0 saturated carbocycles. The van der Waals surface area contributed by atoms with Crippen LogP contribution in [0.25, 0.3) is 0 Å². The molecule has 1 atom stereocenters. The molecule has 0 unspecified atom stereocenters. The fourth-order valence-corrected chi connectivity index (χ4v) is 1.81. The van der Waals surface area contributed by atoms with Crippen molar-refractivity contribution in [2.75, 3.05) is 19.0 Å². The Hall–Kier alpha value is -2.41. The number of anilines is 1. The van der Waals surface area contributed by atoms with E-state index in [9.17, 15) is 4.79 Å². The van der Waals surface area contributed by atoms with E-state index in [-0.39, 0.29) is 12.1 Å². The van der Waals surface area contributed by atoms with E-state index in [2.05, 4.69) is 20.7 Å². The Morgan fingerprint density at radius 1 is 1.48 bits per heavy atom. The second-order valence-corrected chi connectivity index (χ2v) is 4.56. The van der Waals surface area contributed by atoms with E-state index in [1.165, 1.54) is 0 Å². The van der Waals surface area contributed by atoms with Crippen LogP contribution in [0.5, 0.6) is 0 Å². The zero-order chi connectivity index (χ0) is 15.1. The zero-order valence-corrected chi connectivity index (χ0v) is 12.1. The number of ether oxygens (including phenoxy) is 1. The molecule has 0 aliphatic rings. The highest BCUT2D eigenvalue weighted by Gasteiger charge is 2.10. The van der Waals surface area contributed by atoms with E-state index in [4.69, 9.17) is 4.74 Å². The van der Waals surface area contributed by atoms with Gasteiger partial charge in [-0.2, -0.15) is 5.10 Å². The highest BCUT2D eigenvalue weighted by atomic mass is 16.5. The predicted octanol–water partition coefficient (Wildman–Crippen LogP) is 1.81. The standard InChI is InChI=1S/C14H19N5O2/c1-11(13-5-3-4-6-15-13)17-14(20)18-12-9-16-19(10-12)7-8-21-2/h3-6,9-11H,7-8H2,1-2H3,(H2,17,18,20)/t11-/m0/s1. The number of nitrogens with one attached hydrogen (secondary N) is 2. The number of nitrogens with zero attached hydrogens (tertiary/aromatic N) is 3. The van der Waals surface area contributed by atoms with Crippen LogP contribution in [-0.2, 0) is 11.3 Å². The number of aromatic nitrogens is 3. The summed E-state index contributed by atoms with van der Waals surface area (Å²) < 4.78 is 6.68. The maximum absolute atomic E-state index is 11.9. The average Bonchev–Trinajstić information content (AvgIpc) is 2.93. The van der Waals surface area contributed by atoms with Crippen molar-refractivity contribution in [3.05, 3.63) is 42.5 Å². The Labute approximate surface area is 123 Å². The number of hydrogen-bond donors (Lipinski definition) is 2. The molecule has 0 radical (unpaired) electrons. The van der Waals surface area contributed by atoms with Gasteiger partial charge in [0.15, 0.2) is 0 Å². The number of carbonyl (C=O) groups is 1. The molecule has 2 aromatic rings. The lowest BCUT2D eigenvalue weighted by Gasteiger charge is -2.13. The van der Waals surface area contributed by atoms with Gasteiger partial charge in [0.1, 0.15) is 0 Å². The summed E-state index contributed by atoms with van der Waals surface area (Å²) in [5, 5.41) is 9.69. The van der Waals surface area contributed by atoms with Gasteiger partial charge in [-0.1, -0.05) is 6.07 Å². The normalized spacial score (nSPS) is 11.9. The SMILES string of the molecule is COCCn1cc(NC(=O)N[C@@H](C)c2ccccn2)cn1. The first-order valence-electron chi connectivity index (χ1n) is 6.69. The molecule has 2 aromatic heterocycles. The fourth-order valence-electron chi connectivity index (χ4n) is 1.81. The van der Waals surface area contributed by atoms with E-state index >= 15 is 0 Å². The van der Waals surface area contributed by atoms with Crippen LogP contribution in [0.1, 0.15) is 18.7 Å². The molecule has 7 nitrogen and oxygen atoms in total. The molecule has 0 bridgehead atoms. The number of urea groups is 1. The molecule has 0 aromatic carbocycles. The molecule has 7 heteroatoms. The molecule has 112 valence electrons. The first kappa shape index (κ1) is 15.0. The molecular formula is C14H19N5O2. The van der Waals surface area contributed by atoms with Gasteiger partial charge in [0.05, 0.1) is 36.8 Å². The highest BCUT2D eigenvalue weighted by molar-refractivity contribution is 5.89. The first-order valence-corrected chi connectivity index (χ1v) is 6.69. The van der Waals surface area contributed by atoms with Crippen LogP contribution in [0.3, 0.4) is 0 Å². The largest absolute Gasteiger partial charge is 0.383 e. The van der Waals surface area contributed by atoms with Gasteiger partial charge in [-0.25, -0.2) is 4.79 Å². The van der Waals surface area contributed by atoms with Crippen molar-refractivity contribution in [2.24, 2.45) is 0 Å². The Balaban J connectivity index is 1.85. The fraction of sp³-hybridized carbons (Fsp3) is 0.357. The molecule has 2 amide bonds. The first-order chi connectivity index (χ1) is 10.2. The molecule has 2 heterocycles. The summed E-state index contributed by atoms with van der Waals surface area (Å²) in [6.07, 6.45) is 5.05. The number of pyridine rings is 1. The van der Waals surface area contributed by atoms with Crippen molar-refractivity contribution < 1.29 is 9.53 Å². The molecular weight excluding hydrogens is 270 g/mol. The molecule has 0 aliphatic heterocycles. The summed E-state index contributed by atoms with van der Waals surface area (Å²) in [6, 6.07) is 5.13. The van der Waals surface area contributed by atoms with Crippen molar-refractivity contribution in [1.82, 2.24) is 20.1 Å². The third-order valence-electron chi connectivity index (χ3n) is 2.89. The summed E-state index contributed by atoms with van der Waals surface area (Å²) in [5.74, 6) is 0. The van der Waals surface area contributed by atoms with Crippen LogP contribution < -0.4 is 10.6 Å². The van der Waals surface area contributed by atoms with Gasteiger partial charge < -0.3 is 15.4 Å². The van der Waals surface area contributed by atoms with Crippen LogP contribution in [0.2, 0.25) is 0 Å². The van der Waals surface area contributed by atoms with Crippen LogP contribution in [0.15, 0.2) is 36.8 Å². The number of methoxy groups -OCH3 is 1. The summed E-state index contributed by atoms with van der Waals surface area (Å²) in [6.45, 7) is 3.10. The van der Waals surface area contributed by atoms with Crippen LogP contribution in [0.4, 0.5) is 10.5 Å². The lowest BCUT2D eigenvalue weighted by molar-refractivity contribution is 0.183. The van der Waals surface area contributed by atoms with Crippen LogP contribution >= 0.6 is 0 Å². The smallest absolute Gasteiger partial charge is 0.319 e. The van der Waals surface area contributed by atoms with Gasteiger partial charge in [-0.05, 0) is 19.1 Å². The number of amides is 2. The van der Waals surface area contributed by atoms with E-state index in [0.717, 1.165) is 5.69 Å². The third-order valence-corrected chi connectivity index (χ3v) is 2.89. The molecule has 0 spiro atoms. The summed E-state index contributed by atoms with van der Waals surface area (Å²) in [5.41, 5.74) is 1.44. The van der Waals surface area contributed by atoms with Crippen molar-refractivity contribution in [3.63, 3.8) is 0 Å². The van der Waals surface area contributed by atoms with Crippen molar-refractivity contribution >= 4 is 11.7 Å². The average molecular weight is 289 g/mol.